The van der Waals surface area contributed by atoms with E-state index >= 15 is 0 Å². The molecule has 0 bridgehead atoms. The molecule has 0 aromatic carbocycles. The molecule has 0 saturated heterocycles. The fraction of sp³-hybridized carbons (Fsp3) is 0.727. The first kappa shape index (κ1) is 12.0. The van der Waals surface area contributed by atoms with Gasteiger partial charge in [-0.25, -0.2) is 0 Å². The molecule has 0 saturated carbocycles. The highest BCUT2D eigenvalue weighted by molar-refractivity contribution is 5.28. The molecule has 4 nitrogen and oxygen atoms in total. The van der Waals surface area contributed by atoms with Crippen LogP contribution in [0.1, 0.15) is 32.9 Å². The van der Waals surface area contributed by atoms with Crippen molar-refractivity contribution < 1.29 is 0 Å². The average molecular weight is 210 g/mol. The van der Waals surface area contributed by atoms with Gasteiger partial charge >= 0.3 is 0 Å². The molecule has 0 unspecified atom stereocenters. The van der Waals surface area contributed by atoms with Crippen LogP contribution in [0.5, 0.6) is 0 Å². The first-order chi connectivity index (χ1) is 6.87. The van der Waals surface area contributed by atoms with Gasteiger partial charge in [0.25, 0.3) is 0 Å². The van der Waals surface area contributed by atoms with E-state index in [1.54, 1.807) is 0 Å². The molecule has 86 valence electrons. The molecular weight excluding hydrogens is 188 g/mol. The molecule has 0 aliphatic carbocycles. The summed E-state index contributed by atoms with van der Waals surface area (Å²) in [6.07, 6.45) is 1.19. The first-order valence-electron chi connectivity index (χ1n) is 5.35. The van der Waals surface area contributed by atoms with Gasteiger partial charge in [-0.2, -0.15) is 5.10 Å². The molecule has 1 aromatic rings. The summed E-state index contributed by atoms with van der Waals surface area (Å²) in [5, 5.41) is 6.82. The van der Waals surface area contributed by atoms with E-state index in [9.17, 15) is 0 Å². The van der Waals surface area contributed by atoms with E-state index in [4.69, 9.17) is 5.73 Å². The molecule has 1 rings (SSSR count). The predicted octanol–water partition coefficient (Wildman–Crippen LogP) is 1.86. The summed E-state index contributed by atoms with van der Waals surface area (Å²) >= 11 is 0. The molecule has 15 heavy (non-hydrogen) atoms. The van der Waals surface area contributed by atoms with Gasteiger partial charge < -0.3 is 10.6 Å². The highest BCUT2D eigenvalue weighted by atomic mass is 15.2. The lowest BCUT2D eigenvalue weighted by Crippen LogP contribution is -2.23. The summed E-state index contributed by atoms with van der Waals surface area (Å²) in [7, 11) is 2.11. The van der Waals surface area contributed by atoms with Crippen LogP contribution in [0, 0.1) is 5.41 Å². The lowest BCUT2D eigenvalue weighted by Gasteiger charge is -2.22. The van der Waals surface area contributed by atoms with Crippen LogP contribution in [0.4, 0.5) is 5.82 Å². The van der Waals surface area contributed by atoms with Crippen LogP contribution in [-0.2, 0) is 6.54 Å². The number of hydrogen-bond acceptors (Lipinski definition) is 3. The van der Waals surface area contributed by atoms with Crippen molar-refractivity contribution in [3.05, 3.63) is 11.8 Å². The summed E-state index contributed by atoms with van der Waals surface area (Å²) in [6, 6.07) is 1.88. The van der Waals surface area contributed by atoms with Crippen molar-refractivity contribution in [1.29, 1.82) is 0 Å². The van der Waals surface area contributed by atoms with Crippen molar-refractivity contribution >= 4 is 5.82 Å². The number of anilines is 1. The second-order valence-electron chi connectivity index (χ2n) is 5.37. The molecule has 1 heterocycles. The standard InChI is InChI=1S/C11H22N4/c1-11(2,3)5-6-15(4)8-9-7-10(12)14-13-9/h7H,5-6,8H2,1-4H3,(H3,12,13,14). The van der Waals surface area contributed by atoms with Gasteiger partial charge in [0.2, 0.25) is 0 Å². The smallest absolute Gasteiger partial charge is 0.145 e. The number of aromatic amines is 1. The summed E-state index contributed by atoms with van der Waals surface area (Å²) < 4.78 is 0. The zero-order valence-electron chi connectivity index (χ0n) is 10.2. The predicted molar refractivity (Wildman–Crippen MR) is 63.4 cm³/mol. The van der Waals surface area contributed by atoms with Crippen LogP contribution in [-0.4, -0.2) is 28.7 Å². The maximum absolute atomic E-state index is 5.54. The van der Waals surface area contributed by atoms with E-state index in [-0.39, 0.29) is 0 Å². The van der Waals surface area contributed by atoms with Crippen molar-refractivity contribution in [2.45, 2.75) is 33.7 Å². The molecule has 3 N–H and O–H groups in total. The Labute approximate surface area is 91.8 Å². The number of aromatic nitrogens is 2. The molecule has 1 aromatic heterocycles. The molecule has 4 heteroatoms. The zero-order chi connectivity index (χ0) is 11.5. The van der Waals surface area contributed by atoms with Crippen LogP contribution in [0.15, 0.2) is 6.07 Å². The van der Waals surface area contributed by atoms with E-state index < -0.39 is 0 Å². The third kappa shape index (κ3) is 4.83. The number of nitrogens with zero attached hydrogens (tertiary/aromatic N) is 2. The molecule has 0 atom stereocenters. The molecular formula is C11H22N4. The normalized spacial score (nSPS) is 12.3. The Balaban J connectivity index is 2.33. The van der Waals surface area contributed by atoms with Crippen molar-refractivity contribution in [3.63, 3.8) is 0 Å². The summed E-state index contributed by atoms with van der Waals surface area (Å²) in [6.45, 7) is 8.74. The van der Waals surface area contributed by atoms with Gasteiger partial charge in [0.15, 0.2) is 0 Å². The highest BCUT2D eigenvalue weighted by Gasteiger charge is 2.11. The summed E-state index contributed by atoms with van der Waals surface area (Å²) in [4.78, 5) is 2.28. The van der Waals surface area contributed by atoms with Gasteiger partial charge in [0, 0.05) is 12.6 Å². The molecule has 0 aliphatic rings. The number of nitrogens with two attached hydrogens (primary N) is 1. The van der Waals surface area contributed by atoms with Crippen molar-refractivity contribution in [2.24, 2.45) is 5.41 Å². The number of hydrogen-bond donors (Lipinski definition) is 2. The molecule has 0 fully saturated rings. The van der Waals surface area contributed by atoms with Crippen molar-refractivity contribution in [3.8, 4) is 0 Å². The monoisotopic (exact) mass is 210 g/mol. The molecule has 0 radical (unpaired) electrons. The Hall–Kier alpha value is -1.03. The Bertz CT molecular complexity index is 298. The minimum atomic E-state index is 0.390. The summed E-state index contributed by atoms with van der Waals surface area (Å²) in [5.41, 5.74) is 7.00. The van der Waals surface area contributed by atoms with Crippen LogP contribution in [0.25, 0.3) is 0 Å². The van der Waals surface area contributed by atoms with Gasteiger partial charge in [0.1, 0.15) is 5.82 Å². The Morgan fingerprint density at radius 3 is 2.60 bits per heavy atom. The van der Waals surface area contributed by atoms with E-state index in [1.807, 2.05) is 6.07 Å². The second kappa shape index (κ2) is 4.66. The third-order valence-corrected chi connectivity index (χ3v) is 2.33. The summed E-state index contributed by atoms with van der Waals surface area (Å²) in [5.74, 6) is 0.564. The molecule has 0 aliphatic heterocycles. The lowest BCUT2D eigenvalue weighted by atomic mass is 9.92. The molecule has 0 amide bonds. The quantitative estimate of drug-likeness (QED) is 0.797. The Morgan fingerprint density at radius 1 is 1.47 bits per heavy atom. The fourth-order valence-corrected chi connectivity index (χ4v) is 1.36. The average Bonchev–Trinajstić information content (AvgIpc) is 2.47. The first-order valence-corrected chi connectivity index (χ1v) is 5.35. The minimum Gasteiger partial charge on any atom is -0.382 e. The van der Waals surface area contributed by atoms with Gasteiger partial charge in [-0.15, -0.1) is 0 Å². The van der Waals surface area contributed by atoms with Crippen LogP contribution >= 0.6 is 0 Å². The molecule has 0 spiro atoms. The highest BCUT2D eigenvalue weighted by Crippen LogP contribution is 2.18. The SMILES string of the molecule is CN(CCC(C)(C)C)Cc1cc(N)n[nH]1. The topological polar surface area (TPSA) is 57.9 Å². The van der Waals surface area contributed by atoms with Crippen molar-refractivity contribution in [1.82, 2.24) is 15.1 Å². The van der Waals surface area contributed by atoms with Crippen LogP contribution in [0.2, 0.25) is 0 Å². The fourth-order valence-electron chi connectivity index (χ4n) is 1.36. The number of H-pyrrole nitrogens is 1. The Morgan fingerprint density at radius 2 is 2.13 bits per heavy atom. The number of rotatable bonds is 4. The largest absolute Gasteiger partial charge is 0.382 e. The maximum atomic E-state index is 5.54. The zero-order valence-corrected chi connectivity index (χ0v) is 10.2. The van der Waals surface area contributed by atoms with Gasteiger partial charge in [-0.1, -0.05) is 20.8 Å². The number of nitrogen functional groups attached to an aromatic ring is 1. The van der Waals surface area contributed by atoms with E-state index in [1.165, 1.54) is 6.42 Å². The van der Waals surface area contributed by atoms with Crippen LogP contribution < -0.4 is 5.73 Å². The van der Waals surface area contributed by atoms with Crippen LogP contribution in [0.3, 0.4) is 0 Å². The minimum absolute atomic E-state index is 0.390. The van der Waals surface area contributed by atoms with Crippen molar-refractivity contribution in [2.75, 3.05) is 19.3 Å². The van der Waals surface area contributed by atoms with Gasteiger partial charge in [-0.3, -0.25) is 5.10 Å². The maximum Gasteiger partial charge on any atom is 0.145 e. The third-order valence-electron chi connectivity index (χ3n) is 2.33. The Kier molecular flexibility index (Phi) is 3.74. The van der Waals surface area contributed by atoms with E-state index in [0.717, 1.165) is 18.8 Å². The van der Waals surface area contributed by atoms with E-state index in [2.05, 4.69) is 42.9 Å². The lowest BCUT2D eigenvalue weighted by molar-refractivity contribution is 0.257. The van der Waals surface area contributed by atoms with Gasteiger partial charge in [-0.05, 0) is 25.4 Å². The van der Waals surface area contributed by atoms with Gasteiger partial charge in [0.05, 0.1) is 5.69 Å². The second-order valence-corrected chi connectivity index (χ2v) is 5.37. The number of nitrogens with one attached hydrogen (secondary N) is 1. The van der Waals surface area contributed by atoms with E-state index in [0.29, 0.717) is 11.2 Å².